The summed E-state index contributed by atoms with van der Waals surface area (Å²) < 4.78 is 16.3. The lowest BCUT2D eigenvalue weighted by atomic mass is 10.0. The Kier molecular flexibility index (Phi) is 7.25. The zero-order chi connectivity index (χ0) is 14.3. The molecule has 19 heavy (non-hydrogen) atoms. The molecular formula is C14H29NO4. The maximum atomic E-state index is 9.87. The molecule has 0 bridgehead atoms. The average molecular weight is 275 g/mol. The topological polar surface area (TPSA) is 73.9 Å². The first-order valence-corrected chi connectivity index (χ1v) is 7.14. The lowest BCUT2D eigenvalue weighted by Gasteiger charge is -2.29. The van der Waals surface area contributed by atoms with Crippen LogP contribution in [0.1, 0.15) is 33.1 Å². The van der Waals surface area contributed by atoms with Gasteiger partial charge in [0, 0.05) is 13.7 Å². The van der Waals surface area contributed by atoms with Gasteiger partial charge in [-0.3, -0.25) is 0 Å². The summed E-state index contributed by atoms with van der Waals surface area (Å²) in [7, 11) is 1.63. The van der Waals surface area contributed by atoms with Crippen LogP contribution in [0.2, 0.25) is 0 Å². The Bertz CT molecular complexity index is 252. The van der Waals surface area contributed by atoms with Crippen molar-refractivity contribution < 1.29 is 19.3 Å². The molecule has 0 aromatic rings. The van der Waals surface area contributed by atoms with Crippen LogP contribution in [0.5, 0.6) is 0 Å². The number of aliphatic hydroxyl groups is 1. The molecule has 5 heteroatoms. The molecule has 0 radical (unpaired) electrons. The summed E-state index contributed by atoms with van der Waals surface area (Å²) in [6.45, 7) is 5.72. The Morgan fingerprint density at radius 1 is 1.37 bits per heavy atom. The molecule has 1 saturated carbocycles. The number of methoxy groups -OCH3 is 1. The van der Waals surface area contributed by atoms with Crippen LogP contribution < -0.4 is 5.73 Å². The van der Waals surface area contributed by atoms with Crippen molar-refractivity contribution in [1.29, 1.82) is 0 Å². The van der Waals surface area contributed by atoms with Crippen molar-refractivity contribution in [3.8, 4) is 0 Å². The standard InChI is InChI=1S/C14H29NO4/c1-11-4-5-14(6-11,10-15)19-9-13(16)8-18-12(2)7-17-3/h11-13,16H,4-10,15H2,1-3H3. The largest absolute Gasteiger partial charge is 0.388 e. The highest BCUT2D eigenvalue weighted by Crippen LogP contribution is 2.36. The lowest BCUT2D eigenvalue weighted by molar-refractivity contribution is -0.101. The van der Waals surface area contributed by atoms with E-state index in [1.54, 1.807) is 7.11 Å². The molecule has 4 atom stereocenters. The van der Waals surface area contributed by atoms with Crippen LogP contribution in [0.4, 0.5) is 0 Å². The maximum Gasteiger partial charge on any atom is 0.101 e. The Labute approximate surface area is 116 Å². The molecule has 1 fully saturated rings. The van der Waals surface area contributed by atoms with Crippen LogP contribution in [-0.2, 0) is 14.2 Å². The average Bonchev–Trinajstić information content (AvgIpc) is 2.77. The molecule has 0 spiro atoms. The summed E-state index contributed by atoms with van der Waals surface area (Å²) in [4.78, 5) is 0. The Morgan fingerprint density at radius 3 is 2.63 bits per heavy atom. The number of aliphatic hydroxyl groups excluding tert-OH is 1. The molecule has 0 heterocycles. The molecule has 1 aliphatic rings. The first kappa shape index (κ1) is 16.9. The van der Waals surface area contributed by atoms with Gasteiger partial charge >= 0.3 is 0 Å². The molecule has 0 aliphatic heterocycles. The first-order valence-electron chi connectivity index (χ1n) is 7.14. The number of rotatable bonds is 9. The molecule has 4 unspecified atom stereocenters. The van der Waals surface area contributed by atoms with Crippen LogP contribution in [0.15, 0.2) is 0 Å². The van der Waals surface area contributed by atoms with Gasteiger partial charge < -0.3 is 25.1 Å². The molecule has 3 N–H and O–H groups in total. The normalized spacial score (nSPS) is 30.5. The highest BCUT2D eigenvalue weighted by atomic mass is 16.5. The van der Waals surface area contributed by atoms with Gasteiger partial charge in [0.1, 0.15) is 6.10 Å². The molecule has 114 valence electrons. The van der Waals surface area contributed by atoms with E-state index < -0.39 is 6.10 Å². The number of ether oxygens (including phenoxy) is 3. The molecular weight excluding hydrogens is 246 g/mol. The van der Waals surface area contributed by atoms with Crippen molar-refractivity contribution >= 4 is 0 Å². The fourth-order valence-corrected chi connectivity index (χ4v) is 2.60. The predicted molar refractivity (Wildman–Crippen MR) is 74.0 cm³/mol. The van der Waals surface area contributed by atoms with Gasteiger partial charge in [0.15, 0.2) is 0 Å². The fraction of sp³-hybridized carbons (Fsp3) is 1.00. The fourth-order valence-electron chi connectivity index (χ4n) is 2.60. The van der Waals surface area contributed by atoms with Gasteiger partial charge in [-0.1, -0.05) is 6.92 Å². The zero-order valence-corrected chi connectivity index (χ0v) is 12.4. The van der Waals surface area contributed by atoms with Gasteiger partial charge in [0.2, 0.25) is 0 Å². The minimum Gasteiger partial charge on any atom is -0.388 e. The van der Waals surface area contributed by atoms with E-state index in [-0.39, 0.29) is 24.9 Å². The summed E-state index contributed by atoms with van der Waals surface area (Å²) >= 11 is 0. The molecule has 5 nitrogen and oxygen atoms in total. The minimum absolute atomic E-state index is 0.0189. The molecule has 0 aromatic heterocycles. The number of nitrogens with two attached hydrogens (primary N) is 1. The van der Waals surface area contributed by atoms with Gasteiger partial charge in [-0.15, -0.1) is 0 Å². The third-order valence-electron chi connectivity index (χ3n) is 3.74. The molecule has 0 saturated heterocycles. The van der Waals surface area contributed by atoms with Gasteiger partial charge in [0.25, 0.3) is 0 Å². The van der Waals surface area contributed by atoms with Crippen molar-refractivity contribution in [1.82, 2.24) is 0 Å². The Hall–Kier alpha value is -0.200. The molecule has 1 aliphatic carbocycles. The van der Waals surface area contributed by atoms with Crippen LogP contribution >= 0.6 is 0 Å². The van der Waals surface area contributed by atoms with E-state index in [9.17, 15) is 5.11 Å². The van der Waals surface area contributed by atoms with E-state index in [0.717, 1.165) is 19.3 Å². The van der Waals surface area contributed by atoms with Crippen molar-refractivity contribution in [2.45, 2.75) is 50.9 Å². The number of hydrogen-bond donors (Lipinski definition) is 2. The first-order chi connectivity index (χ1) is 9.01. The molecule has 1 rings (SSSR count). The highest BCUT2D eigenvalue weighted by Gasteiger charge is 2.37. The van der Waals surface area contributed by atoms with E-state index in [1.807, 2.05) is 6.92 Å². The summed E-state index contributed by atoms with van der Waals surface area (Å²) in [5.41, 5.74) is 5.59. The van der Waals surface area contributed by atoms with Gasteiger partial charge in [0.05, 0.1) is 31.5 Å². The van der Waals surface area contributed by atoms with Crippen LogP contribution in [-0.4, -0.2) is 56.4 Å². The van der Waals surface area contributed by atoms with E-state index in [4.69, 9.17) is 19.9 Å². The van der Waals surface area contributed by atoms with Gasteiger partial charge in [-0.05, 0) is 32.1 Å². The van der Waals surface area contributed by atoms with E-state index in [0.29, 0.717) is 19.1 Å². The zero-order valence-electron chi connectivity index (χ0n) is 12.4. The molecule has 0 amide bonds. The Morgan fingerprint density at radius 2 is 2.11 bits per heavy atom. The third kappa shape index (κ3) is 5.75. The van der Waals surface area contributed by atoms with E-state index >= 15 is 0 Å². The second-order valence-corrected chi connectivity index (χ2v) is 5.80. The maximum absolute atomic E-state index is 9.87. The van der Waals surface area contributed by atoms with Gasteiger partial charge in [-0.25, -0.2) is 0 Å². The minimum atomic E-state index is -0.612. The summed E-state index contributed by atoms with van der Waals surface area (Å²) in [6, 6.07) is 0. The summed E-state index contributed by atoms with van der Waals surface area (Å²) in [6.07, 6.45) is 2.48. The predicted octanol–water partition coefficient (Wildman–Crippen LogP) is 0.933. The van der Waals surface area contributed by atoms with E-state index in [2.05, 4.69) is 6.92 Å². The second-order valence-electron chi connectivity index (χ2n) is 5.80. The highest BCUT2D eigenvalue weighted by molar-refractivity contribution is 4.90. The van der Waals surface area contributed by atoms with Crippen molar-refractivity contribution in [3.05, 3.63) is 0 Å². The Balaban J connectivity index is 2.23. The monoisotopic (exact) mass is 275 g/mol. The smallest absolute Gasteiger partial charge is 0.101 e. The van der Waals surface area contributed by atoms with Crippen LogP contribution in [0.3, 0.4) is 0 Å². The number of hydrogen-bond acceptors (Lipinski definition) is 5. The quantitative estimate of drug-likeness (QED) is 0.655. The summed E-state index contributed by atoms with van der Waals surface area (Å²) in [5, 5.41) is 9.87. The lowest BCUT2D eigenvalue weighted by Crippen LogP contribution is -2.41. The third-order valence-corrected chi connectivity index (χ3v) is 3.74. The summed E-state index contributed by atoms with van der Waals surface area (Å²) in [5.74, 6) is 0.652. The second kappa shape index (κ2) is 8.17. The van der Waals surface area contributed by atoms with Gasteiger partial charge in [-0.2, -0.15) is 0 Å². The van der Waals surface area contributed by atoms with E-state index in [1.165, 1.54) is 0 Å². The van der Waals surface area contributed by atoms with Crippen molar-refractivity contribution in [2.75, 3.05) is 33.5 Å². The SMILES string of the molecule is COCC(C)OCC(O)COC1(CN)CCC(C)C1. The van der Waals surface area contributed by atoms with Crippen LogP contribution in [0, 0.1) is 5.92 Å². The molecule has 0 aromatic carbocycles. The van der Waals surface area contributed by atoms with Crippen molar-refractivity contribution in [3.63, 3.8) is 0 Å². The van der Waals surface area contributed by atoms with Crippen molar-refractivity contribution in [2.24, 2.45) is 11.7 Å². The van der Waals surface area contributed by atoms with Crippen LogP contribution in [0.25, 0.3) is 0 Å².